The molecule has 0 bridgehead atoms. The molecule has 19 heavy (non-hydrogen) atoms. The molecular weight excluding hydrogens is 248 g/mol. The Hall–Kier alpha value is -1.88. The molecular formula is C14H18O5. The van der Waals surface area contributed by atoms with E-state index in [0.717, 1.165) is 0 Å². The van der Waals surface area contributed by atoms with E-state index in [-0.39, 0.29) is 6.42 Å². The highest BCUT2D eigenvalue weighted by Gasteiger charge is 2.37. The first-order valence-corrected chi connectivity index (χ1v) is 5.86. The summed E-state index contributed by atoms with van der Waals surface area (Å²) in [6.07, 6.45) is -0.101. The number of benzene rings is 1. The Bertz CT molecular complexity index is 422. The van der Waals surface area contributed by atoms with E-state index in [1.54, 1.807) is 31.2 Å². The third kappa shape index (κ3) is 3.79. The molecule has 1 rings (SSSR count). The van der Waals surface area contributed by atoms with Gasteiger partial charge in [0.15, 0.2) is 5.92 Å². The fourth-order valence-electron chi connectivity index (χ4n) is 1.86. The zero-order valence-electron chi connectivity index (χ0n) is 11.3. The lowest BCUT2D eigenvalue weighted by Crippen LogP contribution is -2.34. The lowest BCUT2D eigenvalue weighted by molar-refractivity contribution is -0.162. The number of aliphatic hydroxyl groups is 1. The highest BCUT2D eigenvalue weighted by Crippen LogP contribution is 2.29. The average molecular weight is 266 g/mol. The SMILES string of the molecule is COC(=O)C(CC(C)(O)c1ccccc1)C(=O)OC. The fourth-order valence-corrected chi connectivity index (χ4v) is 1.86. The van der Waals surface area contributed by atoms with Crippen LogP contribution in [0, 0.1) is 5.92 Å². The van der Waals surface area contributed by atoms with Gasteiger partial charge in [0.05, 0.1) is 19.8 Å². The molecule has 1 unspecified atom stereocenters. The van der Waals surface area contributed by atoms with Crippen molar-refractivity contribution in [2.24, 2.45) is 5.92 Å². The van der Waals surface area contributed by atoms with E-state index < -0.39 is 23.5 Å². The maximum absolute atomic E-state index is 11.6. The van der Waals surface area contributed by atoms with Crippen molar-refractivity contribution in [3.8, 4) is 0 Å². The molecule has 0 saturated heterocycles. The number of carbonyl (C=O) groups excluding carboxylic acids is 2. The fraction of sp³-hybridized carbons (Fsp3) is 0.429. The van der Waals surface area contributed by atoms with E-state index in [1.807, 2.05) is 6.07 Å². The Kier molecular flexibility index (Phi) is 5.06. The molecule has 0 saturated carbocycles. The highest BCUT2D eigenvalue weighted by molar-refractivity contribution is 5.94. The summed E-state index contributed by atoms with van der Waals surface area (Å²) in [7, 11) is 2.38. The zero-order valence-corrected chi connectivity index (χ0v) is 11.3. The molecule has 0 aliphatic rings. The van der Waals surface area contributed by atoms with Gasteiger partial charge in [-0.15, -0.1) is 0 Å². The van der Waals surface area contributed by atoms with Crippen LogP contribution in [0.2, 0.25) is 0 Å². The first-order valence-electron chi connectivity index (χ1n) is 5.86. The quantitative estimate of drug-likeness (QED) is 0.641. The molecule has 0 aliphatic heterocycles. The Balaban J connectivity index is 2.95. The highest BCUT2D eigenvalue weighted by atomic mass is 16.5. The van der Waals surface area contributed by atoms with Gasteiger partial charge >= 0.3 is 11.9 Å². The number of hydrogen-bond donors (Lipinski definition) is 1. The van der Waals surface area contributed by atoms with Crippen molar-refractivity contribution in [2.75, 3.05) is 14.2 Å². The Morgan fingerprint density at radius 1 is 1.16 bits per heavy atom. The van der Waals surface area contributed by atoms with Crippen LogP contribution in [0.15, 0.2) is 30.3 Å². The monoisotopic (exact) mass is 266 g/mol. The minimum atomic E-state index is -1.33. The molecule has 1 aromatic carbocycles. The summed E-state index contributed by atoms with van der Waals surface area (Å²) in [6, 6.07) is 8.82. The number of carbonyl (C=O) groups is 2. The molecule has 0 heterocycles. The van der Waals surface area contributed by atoms with Crippen LogP contribution < -0.4 is 0 Å². The topological polar surface area (TPSA) is 72.8 Å². The summed E-state index contributed by atoms with van der Waals surface area (Å²) in [4.78, 5) is 23.2. The van der Waals surface area contributed by atoms with Crippen molar-refractivity contribution in [1.29, 1.82) is 0 Å². The number of methoxy groups -OCH3 is 2. The molecule has 104 valence electrons. The molecule has 0 aliphatic carbocycles. The van der Waals surface area contributed by atoms with Gasteiger partial charge in [-0.1, -0.05) is 30.3 Å². The van der Waals surface area contributed by atoms with Gasteiger partial charge in [-0.2, -0.15) is 0 Å². The summed E-state index contributed by atoms with van der Waals surface area (Å²) in [5.41, 5.74) is -0.707. The molecule has 5 nitrogen and oxygen atoms in total. The Morgan fingerprint density at radius 3 is 2.05 bits per heavy atom. The first-order chi connectivity index (χ1) is 8.92. The zero-order chi connectivity index (χ0) is 14.5. The normalized spacial score (nSPS) is 13.7. The molecule has 1 N–H and O–H groups in total. The van der Waals surface area contributed by atoms with Crippen LogP contribution >= 0.6 is 0 Å². The van der Waals surface area contributed by atoms with Crippen molar-refractivity contribution in [1.82, 2.24) is 0 Å². The van der Waals surface area contributed by atoms with Crippen LogP contribution in [0.4, 0.5) is 0 Å². The summed E-state index contributed by atoms with van der Waals surface area (Å²) in [6.45, 7) is 1.54. The second kappa shape index (κ2) is 6.33. The van der Waals surface area contributed by atoms with Crippen molar-refractivity contribution < 1.29 is 24.2 Å². The molecule has 1 aromatic rings. The number of rotatable bonds is 5. The van der Waals surface area contributed by atoms with Gasteiger partial charge in [0.2, 0.25) is 0 Å². The smallest absolute Gasteiger partial charge is 0.320 e. The van der Waals surface area contributed by atoms with Gasteiger partial charge in [0.25, 0.3) is 0 Å². The minimum absolute atomic E-state index is 0.101. The van der Waals surface area contributed by atoms with Crippen LogP contribution in [0.25, 0.3) is 0 Å². The van der Waals surface area contributed by atoms with E-state index in [0.29, 0.717) is 5.56 Å². The lowest BCUT2D eigenvalue weighted by Gasteiger charge is -2.26. The van der Waals surface area contributed by atoms with E-state index >= 15 is 0 Å². The van der Waals surface area contributed by atoms with Crippen LogP contribution in [0.3, 0.4) is 0 Å². The first kappa shape index (κ1) is 15.2. The standard InChI is InChI=1S/C14H18O5/c1-14(17,10-7-5-4-6-8-10)9-11(12(15)18-2)13(16)19-3/h4-8,11,17H,9H2,1-3H3. The van der Waals surface area contributed by atoms with Gasteiger partial charge in [0, 0.05) is 6.42 Å². The van der Waals surface area contributed by atoms with E-state index in [4.69, 9.17) is 0 Å². The second-order valence-corrected chi connectivity index (χ2v) is 4.44. The number of esters is 2. The van der Waals surface area contributed by atoms with Crippen LogP contribution in [0.5, 0.6) is 0 Å². The average Bonchev–Trinajstić information content (AvgIpc) is 2.44. The van der Waals surface area contributed by atoms with Crippen molar-refractivity contribution >= 4 is 11.9 Å². The van der Waals surface area contributed by atoms with E-state index in [1.165, 1.54) is 14.2 Å². The third-order valence-electron chi connectivity index (χ3n) is 2.97. The molecule has 0 amide bonds. The van der Waals surface area contributed by atoms with Crippen molar-refractivity contribution in [2.45, 2.75) is 18.9 Å². The summed E-state index contributed by atoms with van der Waals surface area (Å²) in [5, 5.41) is 10.4. The molecule has 0 radical (unpaired) electrons. The van der Waals surface area contributed by atoms with Gasteiger partial charge < -0.3 is 14.6 Å². The molecule has 5 heteroatoms. The predicted octanol–water partition coefficient (Wildman–Crippen LogP) is 1.25. The largest absolute Gasteiger partial charge is 0.468 e. The summed E-state index contributed by atoms with van der Waals surface area (Å²) >= 11 is 0. The number of ether oxygens (including phenoxy) is 2. The summed E-state index contributed by atoms with van der Waals surface area (Å²) in [5.74, 6) is -2.59. The van der Waals surface area contributed by atoms with Gasteiger partial charge in [0.1, 0.15) is 0 Å². The molecule has 0 spiro atoms. The van der Waals surface area contributed by atoms with Crippen LogP contribution in [-0.2, 0) is 24.7 Å². The summed E-state index contributed by atoms with van der Waals surface area (Å²) < 4.78 is 9.13. The van der Waals surface area contributed by atoms with Crippen molar-refractivity contribution in [3.05, 3.63) is 35.9 Å². The molecule has 1 atom stereocenters. The Labute approximate surface area is 112 Å². The predicted molar refractivity (Wildman–Crippen MR) is 68.2 cm³/mol. The second-order valence-electron chi connectivity index (χ2n) is 4.44. The maximum atomic E-state index is 11.6. The van der Waals surface area contributed by atoms with E-state index in [2.05, 4.69) is 9.47 Å². The lowest BCUT2D eigenvalue weighted by atomic mass is 9.86. The minimum Gasteiger partial charge on any atom is -0.468 e. The number of hydrogen-bond acceptors (Lipinski definition) is 5. The molecule has 0 fully saturated rings. The third-order valence-corrected chi connectivity index (χ3v) is 2.97. The Morgan fingerprint density at radius 2 is 1.63 bits per heavy atom. The van der Waals surface area contributed by atoms with Crippen molar-refractivity contribution in [3.63, 3.8) is 0 Å². The van der Waals surface area contributed by atoms with Crippen LogP contribution in [0.1, 0.15) is 18.9 Å². The molecule has 0 aromatic heterocycles. The van der Waals surface area contributed by atoms with Gasteiger partial charge in [-0.3, -0.25) is 9.59 Å². The van der Waals surface area contributed by atoms with Gasteiger partial charge in [-0.25, -0.2) is 0 Å². The maximum Gasteiger partial charge on any atom is 0.320 e. The van der Waals surface area contributed by atoms with Crippen LogP contribution in [-0.4, -0.2) is 31.3 Å². The van der Waals surface area contributed by atoms with Gasteiger partial charge in [-0.05, 0) is 12.5 Å². The van der Waals surface area contributed by atoms with E-state index in [9.17, 15) is 14.7 Å².